The number of amides is 1. The number of alkyl halides is 1. The maximum atomic E-state index is 13.7. The number of nitrogens with zero attached hydrogens (tertiary/aromatic N) is 5. The number of hydrogen-bond acceptors (Lipinski definition) is 5. The highest BCUT2D eigenvalue weighted by Crippen LogP contribution is 2.32. The molecule has 0 spiro atoms. The largest absolute Gasteiger partial charge is 0.339 e. The van der Waals surface area contributed by atoms with Crippen molar-refractivity contribution in [2.24, 2.45) is 11.8 Å². The molecular formula is C28H29FN6O2. The average molecular weight is 501 g/mol. The van der Waals surface area contributed by atoms with Crippen LogP contribution in [0, 0.1) is 11.8 Å². The monoisotopic (exact) mass is 500 g/mol. The third-order valence-corrected chi connectivity index (χ3v) is 7.93. The van der Waals surface area contributed by atoms with Crippen LogP contribution in [0.3, 0.4) is 0 Å². The van der Waals surface area contributed by atoms with Crippen molar-refractivity contribution in [1.29, 1.82) is 0 Å². The van der Waals surface area contributed by atoms with Gasteiger partial charge in [-0.25, -0.2) is 9.97 Å². The molecule has 1 saturated carbocycles. The number of aromatic amines is 1. The summed E-state index contributed by atoms with van der Waals surface area (Å²) in [5, 5.41) is 4.44. The molecular weight excluding hydrogens is 471 g/mol. The molecule has 2 atom stereocenters. The van der Waals surface area contributed by atoms with Crippen molar-refractivity contribution in [3.8, 4) is 22.8 Å². The van der Waals surface area contributed by atoms with Crippen molar-refractivity contribution in [2.75, 3.05) is 13.2 Å². The Morgan fingerprint density at radius 2 is 1.86 bits per heavy atom. The molecule has 1 amide bonds. The zero-order valence-electron chi connectivity index (χ0n) is 20.7. The van der Waals surface area contributed by atoms with Crippen LogP contribution in [0.25, 0.3) is 28.4 Å². The molecule has 4 aromatic rings. The quantitative estimate of drug-likeness (QED) is 0.426. The molecule has 37 heavy (non-hydrogen) atoms. The van der Waals surface area contributed by atoms with Crippen molar-refractivity contribution in [3.63, 3.8) is 0 Å². The summed E-state index contributed by atoms with van der Waals surface area (Å²) in [7, 11) is 0. The first-order chi connectivity index (χ1) is 18.0. The van der Waals surface area contributed by atoms with Gasteiger partial charge in [0, 0.05) is 37.0 Å². The Bertz CT molecular complexity index is 1490. The molecule has 0 unspecified atom stereocenters. The van der Waals surface area contributed by atoms with Gasteiger partial charge in [-0.3, -0.25) is 14.0 Å². The zero-order chi connectivity index (χ0) is 25.5. The highest BCUT2D eigenvalue weighted by molar-refractivity contribution is 6.05. The van der Waals surface area contributed by atoms with E-state index in [1.165, 1.54) is 41.8 Å². The van der Waals surface area contributed by atoms with Crippen LogP contribution in [0.2, 0.25) is 0 Å². The molecule has 190 valence electrons. The Morgan fingerprint density at radius 3 is 2.54 bits per heavy atom. The van der Waals surface area contributed by atoms with Crippen LogP contribution in [-0.2, 0) is 6.42 Å². The fourth-order valence-corrected chi connectivity index (χ4v) is 5.62. The van der Waals surface area contributed by atoms with Crippen LogP contribution in [0.4, 0.5) is 4.39 Å². The van der Waals surface area contributed by atoms with E-state index < -0.39 is 6.67 Å². The molecule has 3 aromatic heterocycles. The molecule has 1 aliphatic heterocycles. The first-order valence-corrected chi connectivity index (χ1v) is 12.9. The average Bonchev–Trinajstić information content (AvgIpc) is 3.57. The van der Waals surface area contributed by atoms with Gasteiger partial charge >= 0.3 is 0 Å². The number of aromatic nitrogens is 5. The van der Waals surface area contributed by atoms with Gasteiger partial charge in [-0.05, 0) is 36.5 Å². The summed E-state index contributed by atoms with van der Waals surface area (Å²) >= 11 is 0. The van der Waals surface area contributed by atoms with Crippen molar-refractivity contribution in [1.82, 2.24) is 29.5 Å². The lowest BCUT2D eigenvalue weighted by atomic mass is 9.90. The lowest BCUT2D eigenvalue weighted by molar-refractivity contribution is 0.0142. The van der Waals surface area contributed by atoms with Crippen LogP contribution in [0.15, 0.2) is 53.6 Å². The predicted molar refractivity (Wildman–Crippen MR) is 138 cm³/mol. The van der Waals surface area contributed by atoms with Crippen LogP contribution >= 0.6 is 0 Å². The highest BCUT2D eigenvalue weighted by atomic mass is 19.1. The van der Waals surface area contributed by atoms with E-state index in [9.17, 15) is 14.0 Å². The molecule has 0 bridgehead atoms. The molecule has 1 aliphatic carbocycles. The van der Waals surface area contributed by atoms with Crippen LogP contribution in [-0.4, -0.2) is 54.6 Å². The summed E-state index contributed by atoms with van der Waals surface area (Å²) in [5.74, 6) is 0.478. The molecule has 2 fully saturated rings. The summed E-state index contributed by atoms with van der Waals surface area (Å²) in [6.45, 7) is 1.67. The van der Waals surface area contributed by atoms with Crippen LogP contribution < -0.4 is 5.56 Å². The second-order valence-electron chi connectivity index (χ2n) is 10.2. The predicted octanol–water partition coefficient (Wildman–Crippen LogP) is 4.31. The standard InChI is InChI=1S/C28H29FN6O2/c1-17-21(15-29)16-34(17)28(37)24-25(26-30-11-4-12-31-26)33-35-23(36)14-22(32-27(24)35)20-9-7-19(8-10-20)13-18-5-2-3-6-18/h4,7-12,14,17-18,21,32H,2-3,5-6,13,15-16H2,1H3/t17-,21-/m1/s1. The van der Waals surface area contributed by atoms with E-state index in [2.05, 4.69) is 32.2 Å². The molecule has 0 radical (unpaired) electrons. The van der Waals surface area contributed by atoms with Gasteiger partial charge < -0.3 is 9.88 Å². The third kappa shape index (κ3) is 4.22. The Morgan fingerprint density at radius 1 is 1.14 bits per heavy atom. The molecule has 9 heteroatoms. The minimum absolute atomic E-state index is 0.195. The molecule has 2 aliphatic rings. The lowest BCUT2D eigenvalue weighted by Crippen LogP contribution is -2.58. The number of H-pyrrole nitrogens is 1. The molecule has 6 rings (SSSR count). The molecule has 1 N–H and O–H groups in total. The second-order valence-corrected chi connectivity index (χ2v) is 10.2. The van der Waals surface area contributed by atoms with Crippen LogP contribution in [0.1, 0.15) is 48.5 Å². The summed E-state index contributed by atoms with van der Waals surface area (Å²) in [6, 6.07) is 11.1. The van der Waals surface area contributed by atoms with Gasteiger partial charge in [-0.2, -0.15) is 9.61 Å². The van der Waals surface area contributed by atoms with Gasteiger partial charge in [0.15, 0.2) is 11.5 Å². The normalized spacial score (nSPS) is 19.9. The summed E-state index contributed by atoms with van der Waals surface area (Å²) in [5.41, 5.74) is 3.08. The van der Waals surface area contributed by atoms with Gasteiger partial charge in [0.25, 0.3) is 11.5 Å². The maximum Gasteiger partial charge on any atom is 0.274 e. The van der Waals surface area contributed by atoms with Crippen molar-refractivity contribution >= 4 is 11.6 Å². The fraction of sp³-hybridized carbons (Fsp3) is 0.393. The van der Waals surface area contributed by atoms with Crippen LogP contribution in [0.5, 0.6) is 0 Å². The first-order valence-electron chi connectivity index (χ1n) is 12.9. The first kappa shape index (κ1) is 23.5. The minimum atomic E-state index is -0.480. The topological polar surface area (TPSA) is 96.2 Å². The SMILES string of the molecule is C[C@@H]1[C@H](CF)CN1C(=O)c1c(-c2ncccn2)nn2c(=O)cc(-c3ccc(CC4CCCC4)cc3)[nH]c12. The molecule has 1 aromatic carbocycles. The van der Waals surface area contributed by atoms with E-state index in [0.717, 1.165) is 17.9 Å². The van der Waals surface area contributed by atoms with E-state index in [4.69, 9.17) is 0 Å². The summed E-state index contributed by atoms with van der Waals surface area (Å²) in [4.78, 5) is 40.3. The smallest absolute Gasteiger partial charge is 0.274 e. The molecule has 1 saturated heterocycles. The van der Waals surface area contributed by atoms with Gasteiger partial charge in [0.2, 0.25) is 0 Å². The Kier molecular flexibility index (Phi) is 6.06. The molecule has 8 nitrogen and oxygen atoms in total. The number of carbonyl (C=O) groups is 1. The van der Waals surface area contributed by atoms with E-state index in [0.29, 0.717) is 12.2 Å². The van der Waals surface area contributed by atoms with Gasteiger partial charge in [-0.1, -0.05) is 49.9 Å². The second kappa shape index (κ2) is 9.53. The number of rotatable bonds is 6. The Labute approximate surface area is 213 Å². The molecule has 4 heterocycles. The number of benzene rings is 1. The summed E-state index contributed by atoms with van der Waals surface area (Å²) < 4.78 is 14.5. The van der Waals surface area contributed by atoms with Gasteiger partial charge in [0.05, 0.1) is 12.4 Å². The van der Waals surface area contributed by atoms with E-state index in [-0.39, 0.29) is 46.2 Å². The summed E-state index contributed by atoms with van der Waals surface area (Å²) in [6.07, 6.45) is 9.41. The van der Waals surface area contributed by atoms with Gasteiger partial charge in [-0.15, -0.1) is 0 Å². The maximum absolute atomic E-state index is 13.7. The highest BCUT2D eigenvalue weighted by Gasteiger charge is 2.41. The number of carbonyl (C=O) groups excluding carboxylic acids is 1. The number of fused-ring (bicyclic) bond motifs is 1. The van der Waals surface area contributed by atoms with Crippen molar-refractivity contribution < 1.29 is 9.18 Å². The van der Waals surface area contributed by atoms with Crippen molar-refractivity contribution in [3.05, 3.63) is 70.3 Å². The van der Waals surface area contributed by atoms with E-state index in [1.54, 1.807) is 23.4 Å². The zero-order valence-corrected chi connectivity index (χ0v) is 20.7. The number of hydrogen-bond donors (Lipinski definition) is 1. The minimum Gasteiger partial charge on any atom is -0.339 e. The number of likely N-dealkylation sites (tertiary alicyclic amines) is 1. The van der Waals surface area contributed by atoms with E-state index >= 15 is 0 Å². The van der Waals surface area contributed by atoms with Crippen molar-refractivity contribution in [2.45, 2.75) is 45.1 Å². The van der Waals surface area contributed by atoms with Gasteiger partial charge in [0.1, 0.15) is 11.3 Å². The third-order valence-electron chi connectivity index (χ3n) is 7.93. The number of nitrogens with one attached hydrogen (secondary N) is 1. The Hall–Kier alpha value is -3.88. The Balaban J connectivity index is 1.42. The fourth-order valence-electron chi connectivity index (χ4n) is 5.62. The number of halogens is 1. The van der Waals surface area contributed by atoms with E-state index in [1.807, 2.05) is 19.1 Å². The lowest BCUT2D eigenvalue weighted by Gasteiger charge is -2.45.